The molecule has 3 atom stereocenters. The minimum absolute atomic E-state index is 0.697. The molecule has 0 spiro atoms. The van der Waals surface area contributed by atoms with Crippen LogP contribution in [0.5, 0.6) is 0 Å². The molecule has 0 saturated carbocycles. The van der Waals surface area contributed by atoms with Crippen molar-refractivity contribution < 1.29 is 0 Å². The number of hydrogen-bond acceptors (Lipinski definition) is 2. The fraction of sp³-hybridized carbons (Fsp3) is 1.00. The molecule has 0 aromatic rings. The Balaban J connectivity index is 2.32. The van der Waals surface area contributed by atoms with Crippen LogP contribution in [0.2, 0.25) is 0 Å². The maximum absolute atomic E-state index is 5.91. The first-order valence-electron chi connectivity index (χ1n) is 6.71. The molecule has 0 amide bonds. The predicted molar refractivity (Wildman–Crippen MR) is 66.9 cm³/mol. The molecule has 0 unspecified atom stereocenters. The van der Waals surface area contributed by atoms with Gasteiger partial charge >= 0.3 is 0 Å². The van der Waals surface area contributed by atoms with E-state index < -0.39 is 0 Å². The van der Waals surface area contributed by atoms with Crippen LogP contribution in [0, 0.1) is 11.8 Å². The van der Waals surface area contributed by atoms with Crippen LogP contribution in [0.4, 0.5) is 0 Å². The average Bonchev–Trinajstić information content (AvgIpc) is 2.27. The van der Waals surface area contributed by atoms with Crippen LogP contribution in [0.25, 0.3) is 0 Å². The molecular weight excluding hydrogens is 184 g/mol. The van der Waals surface area contributed by atoms with Gasteiger partial charge in [0.25, 0.3) is 0 Å². The zero-order valence-electron chi connectivity index (χ0n) is 10.5. The summed E-state index contributed by atoms with van der Waals surface area (Å²) >= 11 is 0. The van der Waals surface area contributed by atoms with E-state index in [9.17, 15) is 0 Å². The number of nitrogens with two attached hydrogens (primary N) is 1. The SMILES string of the molecule is CCC[C@H](C)C[C@H](CN)[C@@H]1CCCCN1. The number of piperidine rings is 1. The van der Waals surface area contributed by atoms with Gasteiger partial charge in [0.2, 0.25) is 0 Å². The molecule has 0 bridgehead atoms. The van der Waals surface area contributed by atoms with Crippen molar-refractivity contribution in [2.45, 2.75) is 58.4 Å². The summed E-state index contributed by atoms with van der Waals surface area (Å²) in [5.41, 5.74) is 5.91. The summed E-state index contributed by atoms with van der Waals surface area (Å²) < 4.78 is 0. The van der Waals surface area contributed by atoms with Gasteiger partial charge in [-0.05, 0) is 44.2 Å². The van der Waals surface area contributed by atoms with Crippen LogP contribution in [-0.2, 0) is 0 Å². The van der Waals surface area contributed by atoms with E-state index in [0.717, 1.165) is 12.5 Å². The zero-order valence-corrected chi connectivity index (χ0v) is 10.5. The lowest BCUT2D eigenvalue weighted by Gasteiger charge is -2.32. The summed E-state index contributed by atoms with van der Waals surface area (Å²) in [5.74, 6) is 1.54. The van der Waals surface area contributed by atoms with Gasteiger partial charge in [0, 0.05) is 6.04 Å². The Morgan fingerprint density at radius 1 is 1.40 bits per heavy atom. The molecule has 1 heterocycles. The van der Waals surface area contributed by atoms with Crippen LogP contribution in [-0.4, -0.2) is 19.1 Å². The van der Waals surface area contributed by atoms with Crippen molar-refractivity contribution in [1.82, 2.24) is 5.32 Å². The summed E-state index contributed by atoms with van der Waals surface area (Å²) in [7, 11) is 0. The van der Waals surface area contributed by atoms with Gasteiger partial charge in [0.1, 0.15) is 0 Å². The lowest BCUT2D eigenvalue weighted by atomic mass is 9.84. The van der Waals surface area contributed by atoms with Crippen molar-refractivity contribution in [2.24, 2.45) is 17.6 Å². The van der Waals surface area contributed by atoms with Gasteiger partial charge in [-0.3, -0.25) is 0 Å². The topological polar surface area (TPSA) is 38.0 Å². The number of hydrogen-bond donors (Lipinski definition) is 2. The van der Waals surface area contributed by atoms with E-state index in [2.05, 4.69) is 19.2 Å². The Hall–Kier alpha value is -0.0800. The summed E-state index contributed by atoms with van der Waals surface area (Å²) in [4.78, 5) is 0. The predicted octanol–water partition coefficient (Wildman–Crippen LogP) is 2.53. The molecule has 0 radical (unpaired) electrons. The second kappa shape index (κ2) is 7.24. The van der Waals surface area contributed by atoms with E-state index in [0.29, 0.717) is 12.0 Å². The molecule has 15 heavy (non-hydrogen) atoms. The molecule has 1 rings (SSSR count). The standard InChI is InChI=1S/C13H28N2/c1-3-6-11(2)9-12(10-14)13-7-4-5-8-15-13/h11-13,15H,3-10,14H2,1-2H3/t11-,12+,13-/m0/s1. The Bertz CT molecular complexity index is 153. The molecule has 1 aliphatic heterocycles. The van der Waals surface area contributed by atoms with Gasteiger partial charge in [-0.2, -0.15) is 0 Å². The van der Waals surface area contributed by atoms with Crippen molar-refractivity contribution in [1.29, 1.82) is 0 Å². The van der Waals surface area contributed by atoms with E-state index in [1.807, 2.05) is 0 Å². The molecule has 3 N–H and O–H groups in total. The van der Waals surface area contributed by atoms with Crippen molar-refractivity contribution >= 4 is 0 Å². The zero-order chi connectivity index (χ0) is 11.1. The first-order valence-corrected chi connectivity index (χ1v) is 6.71. The molecular formula is C13H28N2. The van der Waals surface area contributed by atoms with E-state index in [1.54, 1.807) is 0 Å². The molecule has 0 aromatic heterocycles. The first kappa shape index (κ1) is 13.0. The summed E-state index contributed by atoms with van der Waals surface area (Å²) in [6.45, 7) is 6.69. The summed E-state index contributed by atoms with van der Waals surface area (Å²) in [6.07, 6.45) is 8.02. The average molecular weight is 212 g/mol. The smallest absolute Gasteiger partial charge is 0.0107 e. The maximum atomic E-state index is 5.91. The molecule has 1 fully saturated rings. The van der Waals surface area contributed by atoms with Crippen LogP contribution in [0.3, 0.4) is 0 Å². The molecule has 0 aliphatic carbocycles. The highest BCUT2D eigenvalue weighted by Gasteiger charge is 2.23. The maximum Gasteiger partial charge on any atom is 0.0107 e. The fourth-order valence-corrected chi connectivity index (χ4v) is 2.83. The van der Waals surface area contributed by atoms with Gasteiger partial charge in [-0.25, -0.2) is 0 Å². The quantitative estimate of drug-likeness (QED) is 0.710. The molecule has 2 heteroatoms. The molecule has 90 valence electrons. The summed E-state index contributed by atoms with van der Waals surface area (Å²) in [5, 5.41) is 3.64. The lowest BCUT2D eigenvalue weighted by molar-refractivity contribution is 0.254. The Labute approximate surface area is 95.0 Å². The highest BCUT2D eigenvalue weighted by atomic mass is 14.9. The minimum Gasteiger partial charge on any atom is -0.330 e. The molecule has 1 aliphatic rings. The van der Waals surface area contributed by atoms with Crippen LogP contribution < -0.4 is 11.1 Å². The van der Waals surface area contributed by atoms with E-state index in [4.69, 9.17) is 5.73 Å². The fourth-order valence-electron chi connectivity index (χ4n) is 2.83. The highest BCUT2D eigenvalue weighted by Crippen LogP contribution is 2.23. The van der Waals surface area contributed by atoms with E-state index in [-0.39, 0.29) is 0 Å². The third-order valence-electron chi connectivity index (χ3n) is 3.71. The number of nitrogens with one attached hydrogen (secondary N) is 1. The van der Waals surface area contributed by atoms with Crippen molar-refractivity contribution in [3.63, 3.8) is 0 Å². The second-order valence-electron chi connectivity index (χ2n) is 5.18. The van der Waals surface area contributed by atoms with Crippen LogP contribution in [0.15, 0.2) is 0 Å². The Morgan fingerprint density at radius 2 is 2.20 bits per heavy atom. The third kappa shape index (κ3) is 4.52. The van der Waals surface area contributed by atoms with E-state index >= 15 is 0 Å². The Morgan fingerprint density at radius 3 is 2.73 bits per heavy atom. The largest absolute Gasteiger partial charge is 0.330 e. The van der Waals surface area contributed by atoms with Gasteiger partial charge in [-0.1, -0.05) is 33.1 Å². The van der Waals surface area contributed by atoms with Gasteiger partial charge in [0.15, 0.2) is 0 Å². The van der Waals surface area contributed by atoms with Crippen LogP contribution in [0.1, 0.15) is 52.4 Å². The molecule has 0 aromatic carbocycles. The van der Waals surface area contributed by atoms with Gasteiger partial charge in [-0.15, -0.1) is 0 Å². The molecule has 2 nitrogen and oxygen atoms in total. The lowest BCUT2D eigenvalue weighted by Crippen LogP contribution is -2.43. The first-order chi connectivity index (χ1) is 7.27. The normalized spacial score (nSPS) is 26.2. The summed E-state index contributed by atoms with van der Waals surface area (Å²) in [6, 6.07) is 0.697. The van der Waals surface area contributed by atoms with Crippen molar-refractivity contribution in [2.75, 3.05) is 13.1 Å². The third-order valence-corrected chi connectivity index (χ3v) is 3.71. The Kier molecular flexibility index (Phi) is 6.26. The van der Waals surface area contributed by atoms with Crippen LogP contribution >= 0.6 is 0 Å². The highest BCUT2D eigenvalue weighted by molar-refractivity contribution is 4.81. The monoisotopic (exact) mass is 212 g/mol. The van der Waals surface area contributed by atoms with Gasteiger partial charge < -0.3 is 11.1 Å². The number of rotatable bonds is 6. The van der Waals surface area contributed by atoms with E-state index in [1.165, 1.54) is 45.1 Å². The van der Waals surface area contributed by atoms with Crippen molar-refractivity contribution in [3.05, 3.63) is 0 Å². The van der Waals surface area contributed by atoms with Gasteiger partial charge in [0.05, 0.1) is 0 Å². The minimum atomic E-state index is 0.697. The van der Waals surface area contributed by atoms with Crippen molar-refractivity contribution in [3.8, 4) is 0 Å². The second-order valence-corrected chi connectivity index (χ2v) is 5.18. The molecule has 1 saturated heterocycles.